The lowest BCUT2D eigenvalue weighted by atomic mass is 10.3. The summed E-state index contributed by atoms with van der Waals surface area (Å²) >= 11 is 6.86. The van der Waals surface area contributed by atoms with Crippen LogP contribution in [0, 0.1) is 0 Å². The van der Waals surface area contributed by atoms with Crippen LogP contribution in [-0.4, -0.2) is 32.1 Å². The first kappa shape index (κ1) is 16.3. The van der Waals surface area contributed by atoms with Gasteiger partial charge in [0.1, 0.15) is 17.2 Å². The molecule has 0 aliphatic heterocycles. The fourth-order valence-electron chi connectivity index (χ4n) is 1.62. The third kappa shape index (κ3) is 4.47. The second-order valence-corrected chi connectivity index (χ2v) is 5.73. The number of esters is 1. The highest BCUT2D eigenvalue weighted by atomic mass is 35.5. The molecule has 1 aromatic carbocycles. The van der Waals surface area contributed by atoms with E-state index in [0.717, 1.165) is 11.3 Å². The molecule has 1 amide bonds. The van der Waals surface area contributed by atoms with E-state index in [1.165, 1.54) is 7.11 Å². The van der Waals surface area contributed by atoms with Gasteiger partial charge in [-0.05, 0) is 36.4 Å². The molecule has 0 aliphatic rings. The van der Waals surface area contributed by atoms with Gasteiger partial charge in [-0.1, -0.05) is 11.6 Å². The molecule has 0 radical (unpaired) electrons. The molecule has 2 aromatic rings. The monoisotopic (exact) mass is 339 g/mol. The van der Waals surface area contributed by atoms with E-state index in [4.69, 9.17) is 16.3 Å². The Bertz CT molecular complexity index is 654. The van der Waals surface area contributed by atoms with E-state index in [9.17, 15) is 9.59 Å². The van der Waals surface area contributed by atoms with Gasteiger partial charge in [0, 0.05) is 5.02 Å². The molecule has 5 nitrogen and oxygen atoms in total. The van der Waals surface area contributed by atoms with E-state index >= 15 is 0 Å². The molecule has 116 valence electrons. The van der Waals surface area contributed by atoms with Crippen molar-refractivity contribution in [3.05, 3.63) is 51.2 Å². The number of carbonyl (C=O) groups is 2. The standard InChI is InChI=1S/C15H14ClNO4S/c1-20-15(19)13-7-6-12(22-13)14(18)17-8-9-21-11-4-2-10(16)3-5-11/h2-7H,8-9H2,1H3,(H,17,18). The van der Waals surface area contributed by atoms with Crippen LogP contribution in [0.3, 0.4) is 0 Å². The first-order valence-corrected chi connectivity index (χ1v) is 7.64. The third-order valence-electron chi connectivity index (χ3n) is 2.69. The number of carbonyl (C=O) groups excluding carboxylic acids is 2. The Morgan fingerprint density at radius 1 is 1.14 bits per heavy atom. The lowest BCUT2D eigenvalue weighted by molar-refractivity contribution is 0.0606. The number of nitrogens with one attached hydrogen (secondary N) is 1. The van der Waals surface area contributed by atoms with Crippen LogP contribution in [0.1, 0.15) is 19.3 Å². The van der Waals surface area contributed by atoms with Gasteiger partial charge < -0.3 is 14.8 Å². The maximum Gasteiger partial charge on any atom is 0.348 e. The van der Waals surface area contributed by atoms with Crippen molar-refractivity contribution in [2.45, 2.75) is 0 Å². The minimum atomic E-state index is -0.449. The molecule has 1 N–H and O–H groups in total. The summed E-state index contributed by atoms with van der Waals surface area (Å²) in [7, 11) is 1.30. The molecule has 7 heteroatoms. The van der Waals surface area contributed by atoms with Crippen LogP contribution in [0.5, 0.6) is 5.75 Å². The van der Waals surface area contributed by atoms with Crippen molar-refractivity contribution >= 4 is 34.8 Å². The normalized spacial score (nSPS) is 10.1. The van der Waals surface area contributed by atoms with Gasteiger partial charge in [-0.25, -0.2) is 4.79 Å². The number of methoxy groups -OCH3 is 1. The van der Waals surface area contributed by atoms with Crippen LogP contribution in [0.4, 0.5) is 0 Å². The molecule has 1 heterocycles. The summed E-state index contributed by atoms with van der Waals surface area (Å²) in [4.78, 5) is 24.1. The van der Waals surface area contributed by atoms with Crippen molar-refractivity contribution in [3.63, 3.8) is 0 Å². The van der Waals surface area contributed by atoms with Crippen LogP contribution in [0.15, 0.2) is 36.4 Å². The Labute approximate surface area is 136 Å². The van der Waals surface area contributed by atoms with E-state index in [-0.39, 0.29) is 5.91 Å². The van der Waals surface area contributed by atoms with Crippen molar-refractivity contribution in [1.29, 1.82) is 0 Å². The van der Waals surface area contributed by atoms with Gasteiger partial charge in [0.2, 0.25) is 0 Å². The van der Waals surface area contributed by atoms with Crippen LogP contribution >= 0.6 is 22.9 Å². The molecule has 0 aliphatic carbocycles. The van der Waals surface area contributed by atoms with Crippen molar-refractivity contribution in [3.8, 4) is 5.75 Å². The Morgan fingerprint density at radius 2 is 1.82 bits per heavy atom. The number of ether oxygens (including phenoxy) is 2. The zero-order chi connectivity index (χ0) is 15.9. The summed E-state index contributed by atoms with van der Waals surface area (Å²) in [6.07, 6.45) is 0. The quantitative estimate of drug-likeness (QED) is 0.649. The second kappa shape index (κ2) is 7.82. The number of hydrogen-bond donors (Lipinski definition) is 1. The van der Waals surface area contributed by atoms with E-state index in [2.05, 4.69) is 10.1 Å². The van der Waals surface area contributed by atoms with Crippen LogP contribution in [0.25, 0.3) is 0 Å². The van der Waals surface area contributed by atoms with Crippen molar-refractivity contribution in [2.75, 3.05) is 20.3 Å². The molecule has 0 fully saturated rings. The Balaban J connectivity index is 1.77. The average Bonchev–Trinajstić information content (AvgIpc) is 3.02. The first-order valence-electron chi connectivity index (χ1n) is 6.45. The van der Waals surface area contributed by atoms with Gasteiger partial charge in [-0.2, -0.15) is 0 Å². The molecule has 0 saturated heterocycles. The fourth-order valence-corrected chi connectivity index (χ4v) is 2.59. The summed E-state index contributed by atoms with van der Waals surface area (Å²) in [5.74, 6) is -0.0160. The topological polar surface area (TPSA) is 64.6 Å². The molecule has 0 unspecified atom stereocenters. The van der Waals surface area contributed by atoms with E-state index in [0.29, 0.717) is 33.7 Å². The molecular formula is C15H14ClNO4S. The number of thiophene rings is 1. The summed E-state index contributed by atoms with van der Waals surface area (Å²) in [6, 6.07) is 10.1. The molecule has 2 rings (SSSR count). The van der Waals surface area contributed by atoms with Crippen LogP contribution < -0.4 is 10.1 Å². The van der Waals surface area contributed by atoms with Gasteiger partial charge in [0.25, 0.3) is 5.91 Å². The molecular weight excluding hydrogens is 326 g/mol. The summed E-state index contributed by atoms with van der Waals surface area (Å²) in [5, 5.41) is 3.36. The minimum absolute atomic E-state index is 0.250. The molecule has 1 aromatic heterocycles. The zero-order valence-corrected chi connectivity index (χ0v) is 13.4. The van der Waals surface area contributed by atoms with E-state index < -0.39 is 5.97 Å². The van der Waals surface area contributed by atoms with Crippen molar-refractivity contribution in [2.24, 2.45) is 0 Å². The van der Waals surface area contributed by atoms with Gasteiger partial charge >= 0.3 is 5.97 Å². The number of halogens is 1. The molecule has 22 heavy (non-hydrogen) atoms. The number of hydrogen-bond acceptors (Lipinski definition) is 5. The fraction of sp³-hybridized carbons (Fsp3) is 0.200. The average molecular weight is 340 g/mol. The molecule has 0 atom stereocenters. The highest BCUT2D eigenvalue weighted by Gasteiger charge is 2.13. The molecule has 0 spiro atoms. The lowest BCUT2D eigenvalue weighted by Gasteiger charge is -2.07. The smallest absolute Gasteiger partial charge is 0.348 e. The predicted octanol–water partition coefficient (Wildman–Crippen LogP) is 3.00. The van der Waals surface area contributed by atoms with Crippen molar-refractivity contribution < 1.29 is 19.1 Å². The van der Waals surface area contributed by atoms with Gasteiger partial charge in [-0.15, -0.1) is 11.3 Å². The van der Waals surface area contributed by atoms with Gasteiger partial charge in [-0.3, -0.25) is 4.79 Å². The largest absolute Gasteiger partial charge is 0.492 e. The van der Waals surface area contributed by atoms with E-state index in [1.54, 1.807) is 36.4 Å². The highest BCUT2D eigenvalue weighted by molar-refractivity contribution is 7.15. The Hall–Kier alpha value is -2.05. The predicted molar refractivity (Wildman–Crippen MR) is 84.9 cm³/mol. The summed E-state index contributed by atoms with van der Waals surface area (Å²) < 4.78 is 10.1. The number of amides is 1. The van der Waals surface area contributed by atoms with Gasteiger partial charge in [0.05, 0.1) is 18.5 Å². The zero-order valence-electron chi connectivity index (χ0n) is 11.8. The molecule has 0 saturated carbocycles. The van der Waals surface area contributed by atoms with Crippen LogP contribution in [-0.2, 0) is 4.74 Å². The van der Waals surface area contributed by atoms with Crippen molar-refractivity contribution in [1.82, 2.24) is 5.32 Å². The Morgan fingerprint density at radius 3 is 2.50 bits per heavy atom. The third-order valence-corrected chi connectivity index (χ3v) is 4.00. The van der Waals surface area contributed by atoms with Crippen LogP contribution in [0.2, 0.25) is 5.02 Å². The first-order chi connectivity index (χ1) is 10.6. The SMILES string of the molecule is COC(=O)c1ccc(C(=O)NCCOc2ccc(Cl)cc2)s1. The lowest BCUT2D eigenvalue weighted by Crippen LogP contribution is -2.27. The molecule has 0 bridgehead atoms. The van der Waals surface area contributed by atoms with Gasteiger partial charge in [0.15, 0.2) is 0 Å². The maximum absolute atomic E-state index is 11.9. The number of rotatable bonds is 6. The Kier molecular flexibility index (Phi) is 5.80. The summed E-state index contributed by atoms with van der Waals surface area (Å²) in [5.41, 5.74) is 0. The highest BCUT2D eigenvalue weighted by Crippen LogP contribution is 2.17. The summed E-state index contributed by atoms with van der Waals surface area (Å²) in [6.45, 7) is 0.690. The maximum atomic E-state index is 11.9. The minimum Gasteiger partial charge on any atom is -0.492 e. The second-order valence-electron chi connectivity index (χ2n) is 4.21. The van der Waals surface area contributed by atoms with E-state index in [1.807, 2.05) is 0 Å². The number of benzene rings is 1.